The van der Waals surface area contributed by atoms with E-state index in [4.69, 9.17) is 4.74 Å². The summed E-state index contributed by atoms with van der Waals surface area (Å²) in [6.45, 7) is 3.77. The van der Waals surface area contributed by atoms with Crippen molar-refractivity contribution in [2.75, 3.05) is 33.1 Å². The van der Waals surface area contributed by atoms with Crippen LogP contribution in [-0.4, -0.2) is 42.2 Å². The first-order chi connectivity index (χ1) is 10.2. The SMILES string of the molecule is CCNc1nccn1CC(c1cccc(OC)c1)N(C)C. The first-order valence-electron chi connectivity index (χ1n) is 7.21. The minimum absolute atomic E-state index is 0.256. The van der Waals surface area contributed by atoms with E-state index in [1.807, 2.05) is 24.5 Å². The average Bonchev–Trinajstić information content (AvgIpc) is 2.92. The van der Waals surface area contributed by atoms with E-state index in [1.54, 1.807) is 7.11 Å². The Bertz CT molecular complexity index is 565. The number of hydrogen-bond acceptors (Lipinski definition) is 4. The number of methoxy groups -OCH3 is 1. The predicted molar refractivity (Wildman–Crippen MR) is 85.8 cm³/mol. The fraction of sp³-hybridized carbons (Fsp3) is 0.438. The second-order valence-electron chi connectivity index (χ2n) is 5.19. The molecule has 0 aliphatic heterocycles. The van der Waals surface area contributed by atoms with E-state index in [2.05, 4.69) is 52.9 Å². The Balaban J connectivity index is 2.24. The van der Waals surface area contributed by atoms with Gasteiger partial charge in [0.2, 0.25) is 5.95 Å². The third-order valence-corrected chi connectivity index (χ3v) is 3.52. The summed E-state index contributed by atoms with van der Waals surface area (Å²) in [4.78, 5) is 6.57. The minimum atomic E-state index is 0.256. The third-order valence-electron chi connectivity index (χ3n) is 3.52. The highest BCUT2D eigenvalue weighted by Gasteiger charge is 2.17. The Morgan fingerprint density at radius 3 is 2.86 bits per heavy atom. The summed E-state index contributed by atoms with van der Waals surface area (Å²) >= 11 is 0. The van der Waals surface area contributed by atoms with Crippen molar-refractivity contribution in [2.24, 2.45) is 0 Å². The number of ether oxygens (including phenoxy) is 1. The summed E-state index contributed by atoms with van der Waals surface area (Å²) in [7, 11) is 5.88. The lowest BCUT2D eigenvalue weighted by atomic mass is 10.1. The fourth-order valence-electron chi connectivity index (χ4n) is 2.38. The first-order valence-corrected chi connectivity index (χ1v) is 7.21. The van der Waals surface area contributed by atoms with Gasteiger partial charge in [-0.1, -0.05) is 12.1 Å². The van der Waals surface area contributed by atoms with Crippen molar-refractivity contribution in [1.82, 2.24) is 14.5 Å². The normalized spacial score (nSPS) is 12.4. The minimum Gasteiger partial charge on any atom is -0.497 e. The molecule has 1 heterocycles. The van der Waals surface area contributed by atoms with Crippen LogP contribution >= 0.6 is 0 Å². The van der Waals surface area contributed by atoms with Gasteiger partial charge >= 0.3 is 0 Å². The molecule has 0 amide bonds. The number of aromatic nitrogens is 2. The molecule has 0 spiro atoms. The van der Waals surface area contributed by atoms with E-state index in [9.17, 15) is 0 Å². The molecule has 114 valence electrons. The van der Waals surface area contributed by atoms with Crippen molar-refractivity contribution < 1.29 is 4.74 Å². The molecular weight excluding hydrogens is 264 g/mol. The Labute approximate surface area is 126 Å². The summed E-state index contributed by atoms with van der Waals surface area (Å²) < 4.78 is 7.48. The molecule has 0 radical (unpaired) electrons. The van der Waals surface area contributed by atoms with E-state index in [-0.39, 0.29) is 6.04 Å². The van der Waals surface area contributed by atoms with Crippen LogP contribution in [0, 0.1) is 0 Å². The van der Waals surface area contributed by atoms with Crippen LogP contribution in [-0.2, 0) is 6.54 Å². The highest BCUT2D eigenvalue weighted by molar-refractivity contribution is 5.31. The van der Waals surface area contributed by atoms with Crippen LogP contribution in [0.15, 0.2) is 36.7 Å². The summed E-state index contributed by atoms with van der Waals surface area (Å²) in [5, 5.41) is 3.28. The molecule has 2 rings (SSSR count). The maximum Gasteiger partial charge on any atom is 0.202 e. The second-order valence-corrected chi connectivity index (χ2v) is 5.19. The molecule has 0 saturated heterocycles. The summed E-state index contributed by atoms with van der Waals surface area (Å²) in [6, 6.07) is 8.49. The first kappa shape index (κ1) is 15.4. The van der Waals surface area contributed by atoms with Gasteiger partial charge in [-0.15, -0.1) is 0 Å². The Morgan fingerprint density at radius 1 is 1.38 bits per heavy atom. The van der Waals surface area contributed by atoms with Crippen LogP contribution in [0.2, 0.25) is 0 Å². The lowest BCUT2D eigenvalue weighted by molar-refractivity contribution is 0.269. The molecule has 1 atom stereocenters. The lowest BCUT2D eigenvalue weighted by Crippen LogP contribution is -2.25. The fourth-order valence-corrected chi connectivity index (χ4v) is 2.38. The number of hydrogen-bond donors (Lipinski definition) is 1. The maximum absolute atomic E-state index is 5.33. The molecule has 0 aliphatic carbocycles. The quantitative estimate of drug-likeness (QED) is 0.850. The largest absolute Gasteiger partial charge is 0.497 e. The van der Waals surface area contributed by atoms with Crippen molar-refractivity contribution in [3.8, 4) is 5.75 Å². The summed E-state index contributed by atoms with van der Waals surface area (Å²) in [6.07, 6.45) is 3.84. The Hall–Kier alpha value is -2.01. The van der Waals surface area contributed by atoms with Gasteiger partial charge in [0.25, 0.3) is 0 Å². The zero-order valence-corrected chi connectivity index (χ0v) is 13.2. The van der Waals surface area contributed by atoms with Gasteiger partial charge in [-0.2, -0.15) is 0 Å². The highest BCUT2D eigenvalue weighted by atomic mass is 16.5. The number of anilines is 1. The van der Waals surface area contributed by atoms with Gasteiger partial charge in [0.05, 0.1) is 13.2 Å². The zero-order valence-electron chi connectivity index (χ0n) is 13.2. The van der Waals surface area contributed by atoms with Crippen LogP contribution in [0.4, 0.5) is 5.95 Å². The molecular formula is C16H24N4O. The summed E-state index contributed by atoms with van der Waals surface area (Å²) in [5.74, 6) is 1.80. The zero-order chi connectivity index (χ0) is 15.2. The molecule has 1 unspecified atom stereocenters. The van der Waals surface area contributed by atoms with Gasteiger partial charge in [0.1, 0.15) is 5.75 Å². The molecule has 1 aromatic carbocycles. The van der Waals surface area contributed by atoms with E-state index < -0.39 is 0 Å². The molecule has 21 heavy (non-hydrogen) atoms. The van der Waals surface area contributed by atoms with Gasteiger partial charge < -0.3 is 19.5 Å². The predicted octanol–water partition coefficient (Wildman–Crippen LogP) is 2.63. The topological polar surface area (TPSA) is 42.3 Å². The molecule has 5 nitrogen and oxygen atoms in total. The summed E-state index contributed by atoms with van der Waals surface area (Å²) in [5.41, 5.74) is 1.23. The van der Waals surface area contributed by atoms with Gasteiger partial charge in [-0.3, -0.25) is 0 Å². The van der Waals surface area contributed by atoms with Gasteiger partial charge in [-0.25, -0.2) is 4.98 Å². The molecule has 1 N–H and O–H groups in total. The lowest BCUT2D eigenvalue weighted by Gasteiger charge is -2.26. The smallest absolute Gasteiger partial charge is 0.202 e. The third kappa shape index (κ3) is 3.76. The van der Waals surface area contributed by atoms with Crippen molar-refractivity contribution in [3.63, 3.8) is 0 Å². The average molecular weight is 288 g/mol. The molecule has 5 heteroatoms. The van der Waals surface area contributed by atoms with Gasteiger partial charge in [0.15, 0.2) is 0 Å². The van der Waals surface area contributed by atoms with Crippen LogP contribution in [0.5, 0.6) is 5.75 Å². The number of nitrogens with one attached hydrogen (secondary N) is 1. The molecule has 0 fully saturated rings. The van der Waals surface area contributed by atoms with Gasteiger partial charge in [-0.05, 0) is 38.7 Å². The second kappa shape index (κ2) is 7.13. The molecule has 0 aliphatic rings. The molecule has 1 aromatic heterocycles. The molecule has 0 saturated carbocycles. The molecule has 0 bridgehead atoms. The molecule has 2 aromatic rings. The van der Waals surface area contributed by atoms with E-state index in [0.29, 0.717) is 0 Å². The standard InChI is InChI=1S/C16H24N4O/c1-5-17-16-18-9-10-20(16)12-15(19(2)3)13-7-6-8-14(11-13)21-4/h6-11,15H,5,12H2,1-4H3,(H,17,18). The van der Waals surface area contributed by atoms with E-state index >= 15 is 0 Å². The monoisotopic (exact) mass is 288 g/mol. The Morgan fingerprint density at radius 2 is 2.19 bits per heavy atom. The van der Waals surface area contributed by atoms with Gasteiger partial charge in [0, 0.05) is 25.5 Å². The Kier molecular flexibility index (Phi) is 5.22. The van der Waals surface area contributed by atoms with Crippen LogP contribution in [0.25, 0.3) is 0 Å². The van der Waals surface area contributed by atoms with Crippen LogP contribution < -0.4 is 10.1 Å². The van der Waals surface area contributed by atoms with E-state index in [0.717, 1.165) is 24.8 Å². The van der Waals surface area contributed by atoms with Crippen molar-refractivity contribution in [2.45, 2.75) is 19.5 Å². The number of rotatable bonds is 7. The number of benzene rings is 1. The van der Waals surface area contributed by atoms with Crippen molar-refractivity contribution in [3.05, 3.63) is 42.2 Å². The number of likely N-dealkylation sites (N-methyl/N-ethyl adjacent to an activating group) is 1. The van der Waals surface area contributed by atoms with E-state index in [1.165, 1.54) is 5.56 Å². The number of nitrogens with zero attached hydrogens (tertiary/aromatic N) is 3. The van der Waals surface area contributed by atoms with Crippen molar-refractivity contribution >= 4 is 5.95 Å². The maximum atomic E-state index is 5.33. The van der Waals surface area contributed by atoms with Crippen LogP contribution in [0.3, 0.4) is 0 Å². The highest BCUT2D eigenvalue weighted by Crippen LogP contribution is 2.25. The number of imidazole rings is 1. The van der Waals surface area contributed by atoms with Crippen LogP contribution in [0.1, 0.15) is 18.5 Å². The van der Waals surface area contributed by atoms with Crippen molar-refractivity contribution in [1.29, 1.82) is 0 Å².